The van der Waals surface area contributed by atoms with Crippen LogP contribution in [-0.2, 0) is 0 Å². The van der Waals surface area contributed by atoms with Gasteiger partial charge in [-0.15, -0.1) is 10.2 Å². The molecule has 1 aromatic carbocycles. The predicted octanol–water partition coefficient (Wildman–Crippen LogP) is 2.88. The van der Waals surface area contributed by atoms with Gasteiger partial charge in [-0.05, 0) is 11.6 Å². The molecule has 0 atom stereocenters. The zero-order chi connectivity index (χ0) is 12.4. The molecule has 18 heavy (non-hydrogen) atoms. The summed E-state index contributed by atoms with van der Waals surface area (Å²) < 4.78 is 0. The van der Waals surface area contributed by atoms with Crippen molar-refractivity contribution in [2.45, 2.75) is 0 Å². The number of benzene rings is 1. The van der Waals surface area contributed by atoms with Crippen LogP contribution in [0.25, 0.3) is 12.2 Å². The lowest BCUT2D eigenvalue weighted by molar-refractivity contribution is 0.0998. The molecule has 1 amide bonds. The van der Waals surface area contributed by atoms with Crippen LogP contribution in [0.3, 0.4) is 0 Å². The van der Waals surface area contributed by atoms with E-state index in [-0.39, 0.29) is 5.69 Å². The first-order valence-electron chi connectivity index (χ1n) is 5.39. The minimum atomic E-state index is -0.415. The lowest BCUT2D eigenvalue weighted by Gasteiger charge is -1.95. The fraction of sp³-hybridized carbons (Fsp3) is 0. The van der Waals surface area contributed by atoms with Crippen LogP contribution in [0.15, 0.2) is 46.8 Å². The van der Waals surface area contributed by atoms with Crippen molar-refractivity contribution in [3.63, 3.8) is 0 Å². The van der Waals surface area contributed by atoms with Crippen LogP contribution in [0.1, 0.15) is 21.9 Å². The van der Waals surface area contributed by atoms with Gasteiger partial charge in [0.1, 0.15) is 5.69 Å². The van der Waals surface area contributed by atoms with Gasteiger partial charge in [0, 0.05) is 0 Å². The zero-order valence-electron chi connectivity index (χ0n) is 9.32. The second-order valence-corrected chi connectivity index (χ2v) is 3.71. The molecule has 5 nitrogen and oxygen atoms in total. The van der Waals surface area contributed by atoms with E-state index in [4.69, 9.17) is 0 Å². The largest absolute Gasteiger partial charge is 0.316 e. The maximum atomic E-state index is 11.3. The molecule has 0 N–H and O–H groups in total. The van der Waals surface area contributed by atoms with Gasteiger partial charge < -0.3 is 0 Å². The molecule has 3 rings (SSSR count). The topological polar surface area (TPSA) is 67.6 Å². The molecule has 0 spiro atoms. The smallest absolute Gasteiger partial charge is 0.263 e. The number of hydrogen-bond acceptors (Lipinski definition) is 4. The van der Waals surface area contributed by atoms with E-state index in [2.05, 4.69) is 20.2 Å². The highest BCUT2D eigenvalue weighted by atomic mass is 16.2. The molecule has 1 aliphatic heterocycles. The summed E-state index contributed by atoms with van der Waals surface area (Å²) in [7, 11) is 0. The fourth-order valence-electron chi connectivity index (χ4n) is 1.58. The van der Waals surface area contributed by atoms with Gasteiger partial charge in [0.25, 0.3) is 0 Å². The molecule has 86 valence electrons. The Bertz CT molecular complexity index is 662. The van der Waals surface area contributed by atoms with Crippen LogP contribution in [0.4, 0.5) is 5.69 Å². The third kappa shape index (κ3) is 1.93. The minimum absolute atomic E-state index is 0.262. The third-order valence-electron chi connectivity index (χ3n) is 2.46. The number of rotatable bonds is 2. The van der Waals surface area contributed by atoms with Crippen molar-refractivity contribution in [2.24, 2.45) is 10.2 Å². The molecule has 0 saturated carbocycles. The molecular formula is C13H8N4O. The van der Waals surface area contributed by atoms with E-state index in [0.29, 0.717) is 11.5 Å². The number of carbonyl (C=O) groups is 1. The molecule has 0 bridgehead atoms. The minimum Gasteiger partial charge on any atom is -0.263 e. The van der Waals surface area contributed by atoms with Crippen molar-refractivity contribution in [3.8, 4) is 0 Å². The molecule has 2 heterocycles. The Labute approximate surface area is 103 Å². The number of amides is 1. The standard InChI is InChI=1S/C13H8N4O/c18-13-12-10(16-17-13)8-14-11(15-12)7-6-9-4-2-1-3-5-9/h1-8H. The number of carbonyl (C=O) groups excluding carboxylic acids is 1. The quantitative estimate of drug-likeness (QED) is 0.805. The Morgan fingerprint density at radius 3 is 2.67 bits per heavy atom. The van der Waals surface area contributed by atoms with Crippen LogP contribution < -0.4 is 0 Å². The molecular weight excluding hydrogens is 228 g/mol. The van der Waals surface area contributed by atoms with Crippen molar-refractivity contribution in [2.75, 3.05) is 0 Å². The van der Waals surface area contributed by atoms with Crippen LogP contribution >= 0.6 is 0 Å². The molecule has 0 radical (unpaired) electrons. The number of aromatic nitrogens is 2. The number of nitrogens with zero attached hydrogens (tertiary/aromatic N) is 4. The van der Waals surface area contributed by atoms with Gasteiger partial charge in [0.2, 0.25) is 0 Å². The highest BCUT2D eigenvalue weighted by Gasteiger charge is 2.19. The summed E-state index contributed by atoms with van der Waals surface area (Å²) in [4.78, 5) is 19.5. The van der Waals surface area contributed by atoms with Crippen molar-refractivity contribution < 1.29 is 4.79 Å². The summed E-state index contributed by atoms with van der Waals surface area (Å²) in [5.41, 5.74) is 1.73. The first kappa shape index (κ1) is 10.5. The van der Waals surface area contributed by atoms with E-state index in [1.54, 1.807) is 6.08 Å². The van der Waals surface area contributed by atoms with E-state index in [1.807, 2.05) is 36.4 Å². The molecule has 0 fully saturated rings. The summed E-state index contributed by atoms with van der Waals surface area (Å²) in [5.74, 6) is 0.0556. The van der Waals surface area contributed by atoms with Gasteiger partial charge in [-0.3, -0.25) is 4.79 Å². The number of hydrogen-bond donors (Lipinski definition) is 0. The van der Waals surface area contributed by atoms with Crippen LogP contribution in [0.2, 0.25) is 0 Å². The van der Waals surface area contributed by atoms with Crippen LogP contribution in [0, 0.1) is 0 Å². The van der Waals surface area contributed by atoms with Crippen molar-refractivity contribution in [3.05, 3.63) is 53.6 Å². The summed E-state index contributed by atoms with van der Waals surface area (Å²) in [5, 5.41) is 7.09. The summed E-state index contributed by atoms with van der Waals surface area (Å²) >= 11 is 0. The molecule has 1 aromatic heterocycles. The second-order valence-electron chi connectivity index (χ2n) is 3.71. The lowest BCUT2D eigenvalue weighted by Crippen LogP contribution is -1.97. The highest BCUT2D eigenvalue weighted by Crippen LogP contribution is 2.23. The van der Waals surface area contributed by atoms with E-state index in [0.717, 1.165) is 5.56 Å². The second kappa shape index (κ2) is 4.29. The average molecular weight is 236 g/mol. The van der Waals surface area contributed by atoms with Crippen LogP contribution in [-0.4, -0.2) is 15.9 Å². The van der Waals surface area contributed by atoms with E-state index in [9.17, 15) is 4.79 Å². The first-order chi connectivity index (χ1) is 8.83. The molecule has 2 aromatic rings. The zero-order valence-corrected chi connectivity index (χ0v) is 9.32. The Morgan fingerprint density at radius 2 is 1.83 bits per heavy atom. The normalized spacial score (nSPS) is 13.2. The van der Waals surface area contributed by atoms with Crippen molar-refractivity contribution in [1.29, 1.82) is 0 Å². The van der Waals surface area contributed by atoms with Gasteiger partial charge in [-0.1, -0.05) is 36.4 Å². The molecule has 5 heteroatoms. The van der Waals surface area contributed by atoms with E-state index in [1.165, 1.54) is 6.20 Å². The van der Waals surface area contributed by atoms with E-state index >= 15 is 0 Å². The third-order valence-corrected chi connectivity index (χ3v) is 2.46. The average Bonchev–Trinajstić information content (AvgIpc) is 2.79. The molecule has 0 unspecified atom stereocenters. The molecule has 1 aliphatic rings. The Morgan fingerprint density at radius 1 is 1.00 bits per heavy atom. The monoisotopic (exact) mass is 236 g/mol. The molecule has 0 aliphatic carbocycles. The summed E-state index contributed by atoms with van der Waals surface area (Å²) in [6.07, 6.45) is 5.14. The van der Waals surface area contributed by atoms with Crippen molar-refractivity contribution >= 4 is 23.7 Å². The number of azo groups is 1. The Hall–Kier alpha value is -2.69. The Balaban J connectivity index is 1.89. The highest BCUT2D eigenvalue weighted by molar-refractivity contribution is 5.99. The fourth-order valence-corrected chi connectivity index (χ4v) is 1.58. The Kier molecular flexibility index (Phi) is 2.49. The maximum Gasteiger partial charge on any atom is 0.316 e. The van der Waals surface area contributed by atoms with Crippen molar-refractivity contribution in [1.82, 2.24) is 9.97 Å². The van der Waals surface area contributed by atoms with E-state index < -0.39 is 5.91 Å². The van der Waals surface area contributed by atoms with Gasteiger partial charge in [0.05, 0.1) is 6.20 Å². The van der Waals surface area contributed by atoms with Gasteiger partial charge >= 0.3 is 5.91 Å². The lowest BCUT2D eigenvalue weighted by atomic mass is 10.2. The maximum absolute atomic E-state index is 11.3. The van der Waals surface area contributed by atoms with Crippen LogP contribution in [0.5, 0.6) is 0 Å². The summed E-state index contributed by atoms with van der Waals surface area (Å²) in [6.45, 7) is 0. The first-order valence-corrected chi connectivity index (χ1v) is 5.39. The van der Waals surface area contributed by atoms with Gasteiger partial charge in [-0.2, -0.15) is 0 Å². The SMILES string of the molecule is O=C1N=Nc2cnc(C=Cc3ccccc3)nc21. The van der Waals surface area contributed by atoms with Gasteiger partial charge in [-0.25, -0.2) is 9.97 Å². The predicted molar refractivity (Wildman–Crippen MR) is 66.2 cm³/mol. The van der Waals surface area contributed by atoms with Gasteiger partial charge in [0.15, 0.2) is 11.5 Å². The molecule has 0 saturated heterocycles. The summed E-state index contributed by atoms with van der Waals surface area (Å²) in [6, 6.07) is 9.79. The number of fused-ring (bicyclic) bond motifs is 1.